The van der Waals surface area contributed by atoms with Crippen LogP contribution in [0.3, 0.4) is 0 Å². The minimum absolute atomic E-state index is 0. The van der Waals surface area contributed by atoms with Crippen LogP contribution in [0.5, 0.6) is 0 Å². The maximum absolute atomic E-state index is 9.74. The third kappa shape index (κ3) is 3.89. The summed E-state index contributed by atoms with van der Waals surface area (Å²) in [5.74, 6) is 0. The van der Waals surface area contributed by atoms with Crippen LogP contribution in [0.2, 0.25) is 0 Å². The quantitative estimate of drug-likeness (QED) is 0.887. The SMILES string of the molecule is Cl.OC[C@@H](c1ccc(N2CCCC2)cc1)N1CCNCC1. The van der Waals surface area contributed by atoms with Gasteiger partial charge in [-0.2, -0.15) is 0 Å². The van der Waals surface area contributed by atoms with Crippen molar-refractivity contribution in [2.75, 3.05) is 50.8 Å². The van der Waals surface area contributed by atoms with Crippen molar-refractivity contribution in [3.8, 4) is 0 Å². The molecule has 4 nitrogen and oxygen atoms in total. The van der Waals surface area contributed by atoms with E-state index in [0.29, 0.717) is 0 Å². The van der Waals surface area contributed by atoms with Gasteiger partial charge in [0, 0.05) is 45.0 Å². The van der Waals surface area contributed by atoms with Crippen molar-refractivity contribution in [3.05, 3.63) is 29.8 Å². The Labute approximate surface area is 133 Å². The number of piperazine rings is 1. The first-order chi connectivity index (χ1) is 9.88. The van der Waals surface area contributed by atoms with Crippen molar-refractivity contribution in [2.24, 2.45) is 0 Å². The van der Waals surface area contributed by atoms with Gasteiger partial charge in [0.15, 0.2) is 0 Å². The van der Waals surface area contributed by atoms with Gasteiger partial charge < -0.3 is 15.3 Å². The van der Waals surface area contributed by atoms with E-state index in [1.54, 1.807) is 0 Å². The molecule has 118 valence electrons. The Balaban J connectivity index is 0.00000161. The van der Waals surface area contributed by atoms with Crippen molar-refractivity contribution in [1.82, 2.24) is 10.2 Å². The van der Waals surface area contributed by atoms with Crippen molar-refractivity contribution in [3.63, 3.8) is 0 Å². The van der Waals surface area contributed by atoms with Gasteiger partial charge in [0.1, 0.15) is 0 Å². The molecular weight excluding hydrogens is 286 g/mol. The molecule has 3 rings (SSSR count). The first kappa shape index (κ1) is 16.6. The topological polar surface area (TPSA) is 38.7 Å². The summed E-state index contributed by atoms with van der Waals surface area (Å²) >= 11 is 0. The van der Waals surface area contributed by atoms with Crippen molar-refractivity contribution < 1.29 is 5.11 Å². The third-order valence-electron chi connectivity index (χ3n) is 4.51. The molecule has 1 aromatic carbocycles. The highest BCUT2D eigenvalue weighted by Gasteiger charge is 2.21. The second kappa shape index (κ2) is 7.99. The molecule has 0 saturated carbocycles. The summed E-state index contributed by atoms with van der Waals surface area (Å²) in [6, 6.07) is 8.95. The largest absolute Gasteiger partial charge is 0.394 e. The number of nitrogens with one attached hydrogen (secondary N) is 1. The number of halogens is 1. The van der Waals surface area contributed by atoms with E-state index in [9.17, 15) is 5.11 Å². The molecule has 2 aliphatic heterocycles. The van der Waals surface area contributed by atoms with Crippen molar-refractivity contribution in [2.45, 2.75) is 18.9 Å². The summed E-state index contributed by atoms with van der Waals surface area (Å²) in [7, 11) is 0. The molecule has 2 heterocycles. The molecule has 21 heavy (non-hydrogen) atoms. The van der Waals surface area contributed by atoms with Crippen LogP contribution in [-0.2, 0) is 0 Å². The molecule has 0 bridgehead atoms. The predicted octanol–water partition coefficient (Wildman–Crippen LogP) is 1.65. The fourth-order valence-electron chi connectivity index (χ4n) is 3.31. The lowest BCUT2D eigenvalue weighted by atomic mass is 10.0. The number of anilines is 1. The number of hydrogen-bond acceptors (Lipinski definition) is 4. The molecule has 2 saturated heterocycles. The molecule has 2 aliphatic rings. The number of benzene rings is 1. The fraction of sp³-hybridized carbons (Fsp3) is 0.625. The molecule has 2 fully saturated rings. The van der Waals surface area contributed by atoms with Gasteiger partial charge in [-0.1, -0.05) is 12.1 Å². The smallest absolute Gasteiger partial charge is 0.0628 e. The van der Waals surface area contributed by atoms with E-state index in [1.165, 1.54) is 37.2 Å². The zero-order valence-corrected chi connectivity index (χ0v) is 13.3. The first-order valence-electron chi connectivity index (χ1n) is 7.79. The maximum atomic E-state index is 9.74. The van der Waals surface area contributed by atoms with E-state index in [1.807, 2.05) is 0 Å². The average molecular weight is 312 g/mol. The zero-order valence-electron chi connectivity index (χ0n) is 12.5. The molecule has 0 unspecified atom stereocenters. The van der Waals surface area contributed by atoms with Gasteiger partial charge in [-0.05, 0) is 30.5 Å². The first-order valence-corrected chi connectivity index (χ1v) is 7.79. The molecule has 0 aliphatic carbocycles. The van der Waals surface area contributed by atoms with Crippen molar-refractivity contribution in [1.29, 1.82) is 0 Å². The summed E-state index contributed by atoms with van der Waals surface area (Å²) < 4.78 is 0. The molecule has 5 heteroatoms. The lowest BCUT2D eigenvalue weighted by Gasteiger charge is -2.34. The Hall–Kier alpha value is -0.810. The minimum Gasteiger partial charge on any atom is -0.394 e. The summed E-state index contributed by atoms with van der Waals surface area (Å²) in [5, 5.41) is 13.1. The Bertz CT molecular complexity index is 414. The summed E-state index contributed by atoms with van der Waals surface area (Å²) in [4.78, 5) is 4.82. The van der Waals surface area contributed by atoms with Crippen LogP contribution in [0, 0.1) is 0 Å². The van der Waals surface area contributed by atoms with E-state index >= 15 is 0 Å². The van der Waals surface area contributed by atoms with Gasteiger partial charge in [0.25, 0.3) is 0 Å². The van der Waals surface area contributed by atoms with Gasteiger partial charge >= 0.3 is 0 Å². The lowest BCUT2D eigenvalue weighted by molar-refractivity contribution is 0.111. The summed E-state index contributed by atoms with van der Waals surface area (Å²) in [5.41, 5.74) is 2.56. The normalized spacial score (nSPS) is 21.1. The summed E-state index contributed by atoms with van der Waals surface area (Å²) in [6.07, 6.45) is 2.61. The van der Waals surface area contributed by atoms with Crippen LogP contribution >= 0.6 is 12.4 Å². The standard InChI is InChI=1S/C16H25N3O.ClH/c20-13-16(19-11-7-17-8-12-19)14-3-5-15(6-4-14)18-9-1-2-10-18;/h3-6,16-17,20H,1-2,7-13H2;1H/t16-;/m0./s1. The van der Waals surface area contributed by atoms with Crippen molar-refractivity contribution >= 4 is 18.1 Å². The van der Waals surface area contributed by atoms with E-state index in [0.717, 1.165) is 26.2 Å². The highest BCUT2D eigenvalue weighted by atomic mass is 35.5. The van der Waals surface area contributed by atoms with Gasteiger partial charge in [-0.3, -0.25) is 4.90 Å². The number of nitrogens with zero attached hydrogens (tertiary/aromatic N) is 2. The Morgan fingerprint density at radius 2 is 1.62 bits per heavy atom. The average Bonchev–Trinajstić information content (AvgIpc) is 3.04. The van der Waals surface area contributed by atoms with Gasteiger partial charge in [0.05, 0.1) is 12.6 Å². The predicted molar refractivity (Wildman–Crippen MR) is 89.4 cm³/mol. The Morgan fingerprint density at radius 3 is 2.19 bits per heavy atom. The Kier molecular flexibility index (Phi) is 6.30. The minimum atomic E-state index is 0. The van der Waals surface area contributed by atoms with E-state index < -0.39 is 0 Å². The molecule has 2 N–H and O–H groups in total. The fourth-order valence-corrected chi connectivity index (χ4v) is 3.31. The van der Waals surface area contributed by atoms with Crippen LogP contribution in [0.4, 0.5) is 5.69 Å². The van der Waals surface area contributed by atoms with E-state index in [2.05, 4.69) is 39.4 Å². The lowest BCUT2D eigenvalue weighted by Crippen LogP contribution is -2.46. The van der Waals surface area contributed by atoms with Gasteiger partial charge in [0.2, 0.25) is 0 Å². The zero-order chi connectivity index (χ0) is 13.8. The second-order valence-electron chi connectivity index (χ2n) is 5.77. The monoisotopic (exact) mass is 311 g/mol. The van der Waals surface area contributed by atoms with Crippen LogP contribution < -0.4 is 10.2 Å². The van der Waals surface area contributed by atoms with Crippen LogP contribution in [-0.4, -0.2) is 55.9 Å². The molecule has 1 atom stereocenters. The van der Waals surface area contributed by atoms with Gasteiger partial charge in [-0.25, -0.2) is 0 Å². The molecule has 0 aromatic heterocycles. The maximum Gasteiger partial charge on any atom is 0.0628 e. The van der Waals surface area contributed by atoms with Crippen LogP contribution in [0.1, 0.15) is 24.4 Å². The van der Waals surface area contributed by atoms with E-state index in [-0.39, 0.29) is 25.1 Å². The summed E-state index contributed by atoms with van der Waals surface area (Å²) in [6.45, 7) is 6.62. The highest BCUT2D eigenvalue weighted by molar-refractivity contribution is 5.85. The molecule has 1 aromatic rings. The molecule has 0 spiro atoms. The second-order valence-corrected chi connectivity index (χ2v) is 5.77. The number of hydrogen-bond donors (Lipinski definition) is 2. The van der Waals surface area contributed by atoms with Crippen LogP contribution in [0.15, 0.2) is 24.3 Å². The number of aliphatic hydroxyl groups is 1. The van der Waals surface area contributed by atoms with Crippen LogP contribution in [0.25, 0.3) is 0 Å². The highest BCUT2D eigenvalue weighted by Crippen LogP contribution is 2.25. The Morgan fingerprint density at radius 1 is 1.00 bits per heavy atom. The third-order valence-corrected chi connectivity index (χ3v) is 4.51. The molecular formula is C16H26ClN3O. The van der Waals surface area contributed by atoms with Gasteiger partial charge in [-0.15, -0.1) is 12.4 Å². The number of aliphatic hydroxyl groups excluding tert-OH is 1. The van der Waals surface area contributed by atoms with E-state index in [4.69, 9.17) is 0 Å². The molecule has 0 radical (unpaired) electrons. The number of rotatable bonds is 4. The molecule has 0 amide bonds.